The zero-order valence-electron chi connectivity index (χ0n) is 11.3. The van der Waals surface area contributed by atoms with E-state index in [0.29, 0.717) is 19.5 Å². The first kappa shape index (κ1) is 13.8. The Bertz CT molecular complexity index is 730. The number of hydrogen-bond donors (Lipinski definition) is 2. The number of aromatic nitrogens is 1. The summed E-state index contributed by atoms with van der Waals surface area (Å²) in [5.74, 6) is 1.27. The number of carbonyl (C=O) groups excluding carboxylic acids is 1. The molecule has 0 aliphatic carbocycles. The largest absolute Gasteiger partial charge is 0.457 e. The standard InChI is InChI=1S/C15H15N3O2S/c16-14(19)7-8-17-9-10-5-6-12(20-10)15-18-11-3-1-2-4-13(11)21-15/h1-6,17H,7-9H2,(H2,16,19). The van der Waals surface area contributed by atoms with Crippen LogP contribution in [-0.2, 0) is 11.3 Å². The highest BCUT2D eigenvalue weighted by atomic mass is 32.1. The van der Waals surface area contributed by atoms with Crippen molar-refractivity contribution in [3.8, 4) is 10.8 Å². The molecule has 2 heterocycles. The number of nitrogens with zero attached hydrogens (tertiary/aromatic N) is 1. The fraction of sp³-hybridized carbons (Fsp3) is 0.200. The van der Waals surface area contributed by atoms with Crippen LogP contribution < -0.4 is 11.1 Å². The molecule has 0 aliphatic heterocycles. The van der Waals surface area contributed by atoms with Gasteiger partial charge in [0.15, 0.2) is 10.8 Å². The summed E-state index contributed by atoms with van der Waals surface area (Å²) in [4.78, 5) is 15.2. The Morgan fingerprint density at radius 2 is 2.14 bits per heavy atom. The maximum atomic E-state index is 10.6. The molecule has 0 saturated heterocycles. The number of para-hydroxylation sites is 1. The number of benzene rings is 1. The molecule has 3 rings (SSSR count). The summed E-state index contributed by atoms with van der Waals surface area (Å²) < 4.78 is 6.92. The van der Waals surface area contributed by atoms with Crippen molar-refractivity contribution in [3.63, 3.8) is 0 Å². The van der Waals surface area contributed by atoms with Crippen LogP contribution in [0.5, 0.6) is 0 Å². The Kier molecular flexibility index (Phi) is 3.98. The minimum absolute atomic E-state index is 0.308. The molecule has 5 nitrogen and oxygen atoms in total. The molecule has 21 heavy (non-hydrogen) atoms. The van der Waals surface area contributed by atoms with Crippen LogP contribution in [0, 0.1) is 0 Å². The highest BCUT2D eigenvalue weighted by Crippen LogP contribution is 2.30. The van der Waals surface area contributed by atoms with Crippen molar-refractivity contribution in [2.45, 2.75) is 13.0 Å². The summed E-state index contributed by atoms with van der Waals surface area (Å²) in [6.07, 6.45) is 0.325. The fourth-order valence-corrected chi connectivity index (χ4v) is 2.92. The van der Waals surface area contributed by atoms with E-state index in [9.17, 15) is 4.79 Å². The van der Waals surface area contributed by atoms with Crippen LogP contribution in [0.3, 0.4) is 0 Å². The van der Waals surface area contributed by atoms with Gasteiger partial charge < -0.3 is 15.5 Å². The minimum atomic E-state index is -0.308. The van der Waals surface area contributed by atoms with Crippen LogP contribution in [-0.4, -0.2) is 17.4 Å². The highest BCUT2D eigenvalue weighted by molar-refractivity contribution is 7.21. The van der Waals surface area contributed by atoms with Crippen molar-refractivity contribution in [2.75, 3.05) is 6.54 Å². The molecule has 0 aliphatic rings. The van der Waals surface area contributed by atoms with Gasteiger partial charge in [-0.15, -0.1) is 11.3 Å². The molecular formula is C15H15N3O2S. The van der Waals surface area contributed by atoms with Crippen molar-refractivity contribution in [1.29, 1.82) is 0 Å². The van der Waals surface area contributed by atoms with Gasteiger partial charge in [-0.05, 0) is 24.3 Å². The monoisotopic (exact) mass is 301 g/mol. The van der Waals surface area contributed by atoms with E-state index in [1.165, 1.54) is 0 Å². The predicted molar refractivity (Wildman–Crippen MR) is 82.8 cm³/mol. The summed E-state index contributed by atoms with van der Waals surface area (Å²) in [5.41, 5.74) is 6.06. The number of rotatable bonds is 6. The third kappa shape index (κ3) is 3.29. The van der Waals surface area contributed by atoms with E-state index in [4.69, 9.17) is 10.2 Å². The van der Waals surface area contributed by atoms with E-state index in [1.807, 2.05) is 36.4 Å². The average Bonchev–Trinajstić information content (AvgIpc) is 3.09. The molecule has 2 aromatic heterocycles. The maximum absolute atomic E-state index is 10.6. The zero-order chi connectivity index (χ0) is 14.7. The summed E-state index contributed by atoms with van der Waals surface area (Å²) in [5, 5.41) is 3.99. The number of thiazole rings is 1. The molecule has 0 radical (unpaired) electrons. The van der Waals surface area contributed by atoms with Crippen LogP contribution in [0.15, 0.2) is 40.8 Å². The van der Waals surface area contributed by atoms with Crippen LogP contribution in [0.1, 0.15) is 12.2 Å². The van der Waals surface area contributed by atoms with E-state index in [1.54, 1.807) is 11.3 Å². The number of hydrogen-bond acceptors (Lipinski definition) is 5. The van der Waals surface area contributed by atoms with Gasteiger partial charge in [-0.3, -0.25) is 4.79 Å². The molecule has 0 unspecified atom stereocenters. The number of amides is 1. The molecule has 3 aromatic rings. The fourth-order valence-electron chi connectivity index (χ4n) is 1.99. The first-order valence-electron chi connectivity index (χ1n) is 6.66. The van der Waals surface area contributed by atoms with Crippen molar-refractivity contribution in [2.24, 2.45) is 5.73 Å². The molecule has 0 saturated carbocycles. The van der Waals surface area contributed by atoms with Crippen molar-refractivity contribution in [1.82, 2.24) is 10.3 Å². The van der Waals surface area contributed by atoms with Gasteiger partial charge in [0, 0.05) is 13.0 Å². The number of nitrogens with two attached hydrogens (primary N) is 1. The van der Waals surface area contributed by atoms with E-state index >= 15 is 0 Å². The molecule has 6 heteroatoms. The summed E-state index contributed by atoms with van der Waals surface area (Å²) in [7, 11) is 0. The number of nitrogens with one attached hydrogen (secondary N) is 1. The van der Waals surface area contributed by atoms with Gasteiger partial charge in [0.05, 0.1) is 16.8 Å². The predicted octanol–water partition coefficient (Wildman–Crippen LogP) is 2.52. The minimum Gasteiger partial charge on any atom is -0.457 e. The maximum Gasteiger partial charge on any atom is 0.218 e. The third-order valence-corrected chi connectivity index (χ3v) is 4.06. The SMILES string of the molecule is NC(=O)CCNCc1ccc(-c2nc3ccccc3s2)o1. The Hall–Kier alpha value is -2.18. The summed E-state index contributed by atoms with van der Waals surface area (Å²) in [6.45, 7) is 1.12. The molecule has 108 valence electrons. The highest BCUT2D eigenvalue weighted by Gasteiger charge is 2.10. The summed E-state index contributed by atoms with van der Waals surface area (Å²) >= 11 is 1.61. The molecule has 1 aromatic carbocycles. The van der Waals surface area contributed by atoms with Crippen molar-refractivity contribution in [3.05, 3.63) is 42.2 Å². The Balaban J connectivity index is 1.68. The first-order chi connectivity index (χ1) is 10.2. The van der Waals surface area contributed by atoms with Gasteiger partial charge in [0.2, 0.25) is 5.91 Å². The second-order valence-electron chi connectivity index (χ2n) is 4.65. The summed E-state index contributed by atoms with van der Waals surface area (Å²) in [6, 6.07) is 11.8. The molecule has 1 amide bonds. The van der Waals surface area contributed by atoms with Gasteiger partial charge in [0.1, 0.15) is 5.76 Å². The van der Waals surface area contributed by atoms with E-state index in [0.717, 1.165) is 26.7 Å². The molecule has 3 N–H and O–H groups in total. The van der Waals surface area contributed by atoms with Gasteiger partial charge in [-0.2, -0.15) is 0 Å². The smallest absolute Gasteiger partial charge is 0.218 e. The molecular weight excluding hydrogens is 286 g/mol. The number of carbonyl (C=O) groups is 1. The second-order valence-corrected chi connectivity index (χ2v) is 5.68. The van der Waals surface area contributed by atoms with Crippen LogP contribution in [0.4, 0.5) is 0 Å². The van der Waals surface area contributed by atoms with Crippen LogP contribution in [0.2, 0.25) is 0 Å². The lowest BCUT2D eigenvalue weighted by atomic mass is 10.3. The van der Waals surface area contributed by atoms with Crippen LogP contribution in [0.25, 0.3) is 21.0 Å². The first-order valence-corrected chi connectivity index (χ1v) is 7.48. The molecule has 0 spiro atoms. The van der Waals surface area contributed by atoms with Crippen molar-refractivity contribution >= 4 is 27.5 Å². The average molecular weight is 301 g/mol. The quantitative estimate of drug-likeness (QED) is 0.685. The Labute approximate surface area is 125 Å². The second kappa shape index (κ2) is 6.07. The van der Waals surface area contributed by atoms with E-state index in [2.05, 4.69) is 10.3 Å². The number of fused-ring (bicyclic) bond motifs is 1. The number of primary amides is 1. The Morgan fingerprint density at radius 1 is 1.29 bits per heavy atom. The number of furan rings is 1. The molecule has 0 bridgehead atoms. The lowest BCUT2D eigenvalue weighted by Crippen LogP contribution is -2.21. The zero-order valence-corrected chi connectivity index (χ0v) is 12.2. The van der Waals surface area contributed by atoms with Gasteiger partial charge >= 0.3 is 0 Å². The molecule has 0 fully saturated rings. The third-order valence-electron chi connectivity index (χ3n) is 3.01. The lowest BCUT2D eigenvalue weighted by Gasteiger charge is -1.99. The van der Waals surface area contributed by atoms with E-state index in [-0.39, 0.29) is 5.91 Å². The Morgan fingerprint density at radius 3 is 2.95 bits per heavy atom. The van der Waals surface area contributed by atoms with Gasteiger partial charge in [0.25, 0.3) is 0 Å². The van der Waals surface area contributed by atoms with E-state index < -0.39 is 0 Å². The lowest BCUT2D eigenvalue weighted by molar-refractivity contribution is -0.117. The van der Waals surface area contributed by atoms with Gasteiger partial charge in [-0.1, -0.05) is 12.1 Å². The topological polar surface area (TPSA) is 81.2 Å². The van der Waals surface area contributed by atoms with Gasteiger partial charge in [-0.25, -0.2) is 4.98 Å². The molecule has 0 atom stereocenters. The van der Waals surface area contributed by atoms with Crippen LogP contribution >= 0.6 is 11.3 Å². The van der Waals surface area contributed by atoms with Crippen molar-refractivity contribution < 1.29 is 9.21 Å². The normalized spacial score (nSPS) is 11.0.